The first-order valence-corrected chi connectivity index (χ1v) is 6.37. The SMILES string of the molecule is COc1ccccc1CN1CCC[C@@H](CN)C1. The van der Waals surface area contributed by atoms with Gasteiger partial charge in [-0.3, -0.25) is 4.90 Å². The molecule has 94 valence electrons. The van der Waals surface area contributed by atoms with Crippen molar-refractivity contribution in [2.24, 2.45) is 11.7 Å². The predicted molar refractivity (Wildman–Crippen MR) is 70.0 cm³/mol. The first-order valence-electron chi connectivity index (χ1n) is 6.37. The van der Waals surface area contributed by atoms with E-state index in [-0.39, 0.29) is 0 Å². The minimum Gasteiger partial charge on any atom is -0.496 e. The Bertz CT molecular complexity index is 354. The second kappa shape index (κ2) is 6.03. The third-order valence-corrected chi connectivity index (χ3v) is 3.52. The monoisotopic (exact) mass is 234 g/mol. The van der Waals surface area contributed by atoms with Crippen LogP contribution in [0.1, 0.15) is 18.4 Å². The van der Waals surface area contributed by atoms with E-state index in [1.54, 1.807) is 7.11 Å². The molecule has 0 saturated carbocycles. The van der Waals surface area contributed by atoms with Crippen LogP contribution < -0.4 is 10.5 Å². The van der Waals surface area contributed by atoms with Crippen molar-refractivity contribution in [2.45, 2.75) is 19.4 Å². The molecule has 0 unspecified atom stereocenters. The number of para-hydroxylation sites is 1. The van der Waals surface area contributed by atoms with Crippen molar-refractivity contribution in [2.75, 3.05) is 26.7 Å². The highest BCUT2D eigenvalue weighted by molar-refractivity contribution is 5.33. The fourth-order valence-electron chi connectivity index (χ4n) is 2.56. The molecule has 2 N–H and O–H groups in total. The summed E-state index contributed by atoms with van der Waals surface area (Å²) in [7, 11) is 1.73. The van der Waals surface area contributed by atoms with Crippen LogP contribution in [0.4, 0.5) is 0 Å². The standard InChI is InChI=1S/C14H22N2O/c1-17-14-7-3-2-6-13(14)11-16-8-4-5-12(9-15)10-16/h2-3,6-7,12H,4-5,8-11,15H2,1H3/t12-/m0/s1. The van der Waals surface area contributed by atoms with Gasteiger partial charge in [0.15, 0.2) is 0 Å². The van der Waals surface area contributed by atoms with E-state index in [0.29, 0.717) is 5.92 Å². The van der Waals surface area contributed by atoms with Gasteiger partial charge in [-0.2, -0.15) is 0 Å². The first-order chi connectivity index (χ1) is 8.33. The molecule has 1 aliphatic heterocycles. The van der Waals surface area contributed by atoms with Gasteiger partial charge in [0, 0.05) is 18.7 Å². The molecule has 1 fully saturated rings. The molecule has 1 aromatic rings. The number of nitrogens with two attached hydrogens (primary N) is 1. The minimum absolute atomic E-state index is 0.665. The molecule has 1 heterocycles. The van der Waals surface area contributed by atoms with Crippen LogP contribution in [0.3, 0.4) is 0 Å². The predicted octanol–water partition coefficient (Wildman–Crippen LogP) is 1.87. The molecule has 0 radical (unpaired) electrons. The number of ether oxygens (including phenoxy) is 1. The molecule has 3 nitrogen and oxygen atoms in total. The number of hydrogen-bond acceptors (Lipinski definition) is 3. The third kappa shape index (κ3) is 3.20. The van der Waals surface area contributed by atoms with Gasteiger partial charge in [0.1, 0.15) is 5.75 Å². The van der Waals surface area contributed by atoms with E-state index >= 15 is 0 Å². The summed E-state index contributed by atoms with van der Waals surface area (Å²) < 4.78 is 5.39. The van der Waals surface area contributed by atoms with E-state index in [9.17, 15) is 0 Å². The third-order valence-electron chi connectivity index (χ3n) is 3.52. The van der Waals surface area contributed by atoms with Crippen LogP contribution in [-0.4, -0.2) is 31.6 Å². The fraction of sp³-hybridized carbons (Fsp3) is 0.571. The molecule has 3 heteroatoms. The summed E-state index contributed by atoms with van der Waals surface area (Å²) in [5.74, 6) is 1.65. The Hall–Kier alpha value is -1.06. The lowest BCUT2D eigenvalue weighted by Crippen LogP contribution is -2.37. The van der Waals surface area contributed by atoms with Crippen molar-refractivity contribution in [1.29, 1.82) is 0 Å². The second-order valence-electron chi connectivity index (χ2n) is 4.79. The summed E-state index contributed by atoms with van der Waals surface area (Å²) in [5, 5.41) is 0. The number of methoxy groups -OCH3 is 1. The number of hydrogen-bond donors (Lipinski definition) is 1. The van der Waals surface area contributed by atoms with Gasteiger partial charge in [-0.15, -0.1) is 0 Å². The quantitative estimate of drug-likeness (QED) is 0.864. The van der Waals surface area contributed by atoms with Crippen molar-refractivity contribution >= 4 is 0 Å². The molecule has 17 heavy (non-hydrogen) atoms. The van der Waals surface area contributed by atoms with Crippen molar-refractivity contribution in [1.82, 2.24) is 4.90 Å². The highest BCUT2D eigenvalue weighted by Gasteiger charge is 2.19. The minimum atomic E-state index is 0.665. The van der Waals surface area contributed by atoms with Gasteiger partial charge in [0.05, 0.1) is 7.11 Å². The number of piperidine rings is 1. The molecule has 2 rings (SSSR count). The van der Waals surface area contributed by atoms with Crippen molar-refractivity contribution < 1.29 is 4.74 Å². The molecule has 0 aromatic heterocycles. The van der Waals surface area contributed by atoms with Crippen LogP contribution in [-0.2, 0) is 6.54 Å². The van der Waals surface area contributed by atoms with E-state index < -0.39 is 0 Å². The molecule has 1 aliphatic rings. The van der Waals surface area contributed by atoms with E-state index in [1.807, 2.05) is 12.1 Å². The lowest BCUT2D eigenvalue weighted by molar-refractivity contribution is 0.169. The van der Waals surface area contributed by atoms with Crippen LogP contribution in [0, 0.1) is 5.92 Å². The Kier molecular flexibility index (Phi) is 4.40. The van der Waals surface area contributed by atoms with E-state index in [0.717, 1.165) is 25.4 Å². The summed E-state index contributed by atoms with van der Waals surface area (Å²) >= 11 is 0. The Morgan fingerprint density at radius 2 is 2.24 bits per heavy atom. The lowest BCUT2D eigenvalue weighted by atomic mass is 9.98. The summed E-state index contributed by atoms with van der Waals surface area (Å²) in [6.45, 7) is 4.08. The second-order valence-corrected chi connectivity index (χ2v) is 4.79. The average Bonchev–Trinajstić information content (AvgIpc) is 2.39. The highest BCUT2D eigenvalue weighted by atomic mass is 16.5. The summed E-state index contributed by atoms with van der Waals surface area (Å²) in [4.78, 5) is 2.48. The maximum Gasteiger partial charge on any atom is 0.123 e. The summed E-state index contributed by atoms with van der Waals surface area (Å²) in [6.07, 6.45) is 2.54. The smallest absolute Gasteiger partial charge is 0.123 e. The van der Waals surface area contributed by atoms with Crippen molar-refractivity contribution in [3.05, 3.63) is 29.8 Å². The number of nitrogens with zero attached hydrogens (tertiary/aromatic N) is 1. The fourth-order valence-corrected chi connectivity index (χ4v) is 2.56. The molecule has 0 spiro atoms. The molecular weight excluding hydrogens is 212 g/mol. The van der Waals surface area contributed by atoms with Crippen molar-refractivity contribution in [3.8, 4) is 5.75 Å². The van der Waals surface area contributed by atoms with Gasteiger partial charge in [-0.05, 0) is 37.9 Å². The largest absolute Gasteiger partial charge is 0.496 e. The Labute approximate surface area is 104 Å². The van der Waals surface area contributed by atoms with E-state index in [1.165, 1.54) is 24.9 Å². The zero-order chi connectivity index (χ0) is 12.1. The van der Waals surface area contributed by atoms with E-state index in [4.69, 9.17) is 10.5 Å². The molecule has 0 bridgehead atoms. The van der Waals surface area contributed by atoms with Gasteiger partial charge in [0.25, 0.3) is 0 Å². The molecule has 0 amide bonds. The van der Waals surface area contributed by atoms with Gasteiger partial charge < -0.3 is 10.5 Å². The topological polar surface area (TPSA) is 38.5 Å². The Balaban J connectivity index is 2.00. The maximum absolute atomic E-state index is 5.76. The summed E-state index contributed by atoms with van der Waals surface area (Å²) in [5.41, 5.74) is 7.03. The lowest BCUT2D eigenvalue weighted by Gasteiger charge is -2.32. The van der Waals surface area contributed by atoms with Gasteiger partial charge in [-0.25, -0.2) is 0 Å². The Morgan fingerprint density at radius 3 is 3.00 bits per heavy atom. The van der Waals surface area contributed by atoms with Crippen LogP contribution in [0.2, 0.25) is 0 Å². The molecule has 1 saturated heterocycles. The van der Waals surface area contributed by atoms with Gasteiger partial charge in [0.2, 0.25) is 0 Å². The average molecular weight is 234 g/mol. The zero-order valence-corrected chi connectivity index (χ0v) is 10.6. The maximum atomic E-state index is 5.76. The van der Waals surface area contributed by atoms with Crippen molar-refractivity contribution in [3.63, 3.8) is 0 Å². The number of likely N-dealkylation sites (tertiary alicyclic amines) is 1. The number of rotatable bonds is 4. The summed E-state index contributed by atoms with van der Waals surface area (Å²) in [6, 6.07) is 8.26. The Morgan fingerprint density at radius 1 is 1.41 bits per heavy atom. The van der Waals surface area contributed by atoms with Gasteiger partial charge in [-0.1, -0.05) is 18.2 Å². The molecular formula is C14H22N2O. The molecule has 0 aliphatic carbocycles. The molecule has 1 aromatic carbocycles. The zero-order valence-electron chi connectivity index (χ0n) is 10.6. The number of benzene rings is 1. The van der Waals surface area contributed by atoms with Crippen LogP contribution in [0.5, 0.6) is 5.75 Å². The van der Waals surface area contributed by atoms with Crippen LogP contribution in [0.15, 0.2) is 24.3 Å². The molecule has 1 atom stereocenters. The van der Waals surface area contributed by atoms with Crippen LogP contribution >= 0.6 is 0 Å². The van der Waals surface area contributed by atoms with Crippen LogP contribution in [0.25, 0.3) is 0 Å². The van der Waals surface area contributed by atoms with E-state index in [2.05, 4.69) is 17.0 Å². The first kappa shape index (κ1) is 12.4. The van der Waals surface area contributed by atoms with Gasteiger partial charge >= 0.3 is 0 Å². The normalized spacial score (nSPS) is 21.4. The highest BCUT2D eigenvalue weighted by Crippen LogP contribution is 2.22.